The van der Waals surface area contributed by atoms with Gasteiger partial charge in [-0.05, 0) is 37.1 Å². The monoisotopic (exact) mass is 419 g/mol. The SMILES string of the molecule is O=C(Cc1c(F)cccc1Cl)N(Cc1nnc(-c2ccccc2Cl)o1)C1CC1. The number of hydrogen-bond donors (Lipinski definition) is 0. The summed E-state index contributed by atoms with van der Waals surface area (Å²) in [5.41, 5.74) is 0.826. The molecule has 0 atom stereocenters. The largest absolute Gasteiger partial charge is 0.419 e. The fraction of sp³-hybridized carbons (Fsp3) is 0.250. The molecule has 4 rings (SSSR count). The molecule has 0 N–H and O–H groups in total. The number of halogens is 3. The first-order valence-electron chi connectivity index (χ1n) is 8.82. The average molecular weight is 420 g/mol. The van der Waals surface area contributed by atoms with Crippen molar-refractivity contribution in [3.63, 3.8) is 0 Å². The van der Waals surface area contributed by atoms with Crippen LogP contribution in [-0.2, 0) is 17.8 Å². The zero-order valence-corrected chi connectivity index (χ0v) is 16.3. The summed E-state index contributed by atoms with van der Waals surface area (Å²) in [4.78, 5) is 14.5. The molecule has 1 aliphatic rings. The van der Waals surface area contributed by atoms with Crippen LogP contribution in [0.1, 0.15) is 24.3 Å². The molecule has 0 saturated heterocycles. The van der Waals surface area contributed by atoms with Crippen molar-refractivity contribution in [2.24, 2.45) is 0 Å². The molecule has 2 aromatic carbocycles. The highest BCUT2D eigenvalue weighted by Crippen LogP contribution is 2.31. The summed E-state index contributed by atoms with van der Waals surface area (Å²) in [5, 5.41) is 8.81. The van der Waals surface area contributed by atoms with E-state index in [4.69, 9.17) is 27.6 Å². The molecule has 1 fully saturated rings. The van der Waals surface area contributed by atoms with E-state index in [1.165, 1.54) is 12.1 Å². The quantitative estimate of drug-likeness (QED) is 0.568. The second-order valence-electron chi connectivity index (χ2n) is 6.61. The number of rotatable bonds is 6. The van der Waals surface area contributed by atoms with E-state index in [1.807, 2.05) is 12.1 Å². The molecule has 8 heteroatoms. The van der Waals surface area contributed by atoms with Gasteiger partial charge in [0, 0.05) is 16.6 Å². The smallest absolute Gasteiger partial charge is 0.249 e. The van der Waals surface area contributed by atoms with E-state index >= 15 is 0 Å². The number of benzene rings is 2. The fourth-order valence-corrected chi connectivity index (χ4v) is 3.41. The number of nitrogens with zero attached hydrogens (tertiary/aromatic N) is 3. The number of carbonyl (C=O) groups excluding carboxylic acids is 1. The van der Waals surface area contributed by atoms with E-state index in [2.05, 4.69) is 10.2 Å². The Labute approximate surface area is 171 Å². The molecular formula is C20H16Cl2FN3O2. The van der Waals surface area contributed by atoms with Crippen molar-refractivity contribution >= 4 is 29.1 Å². The van der Waals surface area contributed by atoms with Gasteiger partial charge in [-0.1, -0.05) is 41.4 Å². The maximum atomic E-state index is 14.0. The summed E-state index contributed by atoms with van der Waals surface area (Å²) in [5.74, 6) is -0.127. The number of hydrogen-bond acceptors (Lipinski definition) is 4. The Kier molecular flexibility index (Phi) is 5.33. The van der Waals surface area contributed by atoms with Gasteiger partial charge in [0.05, 0.1) is 23.6 Å². The lowest BCUT2D eigenvalue weighted by atomic mass is 10.1. The summed E-state index contributed by atoms with van der Waals surface area (Å²) >= 11 is 12.2. The summed E-state index contributed by atoms with van der Waals surface area (Å²) < 4.78 is 19.7. The van der Waals surface area contributed by atoms with Gasteiger partial charge in [-0.25, -0.2) is 4.39 Å². The van der Waals surface area contributed by atoms with Gasteiger partial charge in [-0.2, -0.15) is 0 Å². The third-order valence-electron chi connectivity index (χ3n) is 4.57. The van der Waals surface area contributed by atoms with E-state index < -0.39 is 5.82 Å². The Morgan fingerprint density at radius 2 is 1.86 bits per heavy atom. The number of carbonyl (C=O) groups is 1. The molecule has 0 radical (unpaired) electrons. The van der Waals surface area contributed by atoms with Crippen LogP contribution in [0.25, 0.3) is 11.5 Å². The molecule has 0 unspecified atom stereocenters. The Balaban J connectivity index is 1.52. The van der Waals surface area contributed by atoms with Crippen LogP contribution in [0.5, 0.6) is 0 Å². The molecular weight excluding hydrogens is 404 g/mol. The molecule has 0 aliphatic heterocycles. The van der Waals surface area contributed by atoms with Gasteiger partial charge in [0.1, 0.15) is 5.82 Å². The fourth-order valence-electron chi connectivity index (χ4n) is 2.97. The van der Waals surface area contributed by atoms with E-state index in [0.717, 1.165) is 12.8 Å². The first kappa shape index (κ1) is 18.9. The van der Waals surface area contributed by atoms with Crippen LogP contribution in [0.4, 0.5) is 4.39 Å². The van der Waals surface area contributed by atoms with Gasteiger partial charge in [0.25, 0.3) is 0 Å². The molecule has 1 aromatic heterocycles. The van der Waals surface area contributed by atoms with Gasteiger partial charge >= 0.3 is 0 Å². The predicted molar refractivity (Wildman–Crippen MR) is 103 cm³/mol. The lowest BCUT2D eigenvalue weighted by Crippen LogP contribution is -2.34. The summed E-state index contributed by atoms with van der Waals surface area (Å²) in [7, 11) is 0. The Bertz CT molecular complexity index is 1000. The molecule has 1 amide bonds. The lowest BCUT2D eigenvalue weighted by molar-refractivity contribution is -0.132. The molecule has 1 aliphatic carbocycles. The minimum atomic E-state index is -0.490. The number of amides is 1. The van der Waals surface area contributed by atoms with Crippen LogP contribution in [0.2, 0.25) is 10.0 Å². The van der Waals surface area contributed by atoms with Crippen LogP contribution in [0.3, 0.4) is 0 Å². The van der Waals surface area contributed by atoms with E-state index in [-0.39, 0.29) is 35.5 Å². The molecule has 144 valence electrons. The topological polar surface area (TPSA) is 59.2 Å². The van der Waals surface area contributed by atoms with Crippen molar-refractivity contribution in [1.29, 1.82) is 0 Å². The van der Waals surface area contributed by atoms with Gasteiger partial charge in [0.2, 0.25) is 17.7 Å². The molecule has 28 heavy (non-hydrogen) atoms. The van der Waals surface area contributed by atoms with Crippen LogP contribution < -0.4 is 0 Å². The lowest BCUT2D eigenvalue weighted by Gasteiger charge is -2.21. The first-order valence-corrected chi connectivity index (χ1v) is 9.58. The third kappa shape index (κ3) is 4.03. The van der Waals surface area contributed by atoms with Crippen molar-refractivity contribution in [2.75, 3.05) is 0 Å². The molecule has 0 spiro atoms. The first-order chi connectivity index (χ1) is 13.5. The minimum Gasteiger partial charge on any atom is -0.419 e. The van der Waals surface area contributed by atoms with Crippen LogP contribution >= 0.6 is 23.2 Å². The molecule has 0 bridgehead atoms. The molecule has 1 saturated carbocycles. The normalized spacial score (nSPS) is 13.5. The highest BCUT2D eigenvalue weighted by Gasteiger charge is 2.34. The van der Waals surface area contributed by atoms with Crippen molar-refractivity contribution in [1.82, 2.24) is 15.1 Å². The highest BCUT2D eigenvalue weighted by atomic mass is 35.5. The highest BCUT2D eigenvalue weighted by molar-refractivity contribution is 6.33. The zero-order valence-electron chi connectivity index (χ0n) is 14.7. The van der Waals surface area contributed by atoms with Crippen LogP contribution in [-0.4, -0.2) is 27.0 Å². The maximum Gasteiger partial charge on any atom is 0.249 e. The van der Waals surface area contributed by atoms with Crippen LogP contribution in [0.15, 0.2) is 46.9 Å². The summed E-state index contributed by atoms with van der Waals surface area (Å²) in [6, 6.07) is 11.6. The Hall–Kier alpha value is -2.44. The second-order valence-corrected chi connectivity index (χ2v) is 7.43. The van der Waals surface area contributed by atoms with E-state index in [1.54, 1.807) is 23.1 Å². The average Bonchev–Trinajstić information content (AvgIpc) is 3.41. The Morgan fingerprint density at radius 1 is 1.11 bits per heavy atom. The minimum absolute atomic E-state index is 0.0914. The second kappa shape index (κ2) is 7.89. The van der Waals surface area contributed by atoms with Crippen molar-refractivity contribution in [2.45, 2.75) is 31.8 Å². The van der Waals surface area contributed by atoms with Crippen molar-refractivity contribution in [3.05, 3.63) is 69.8 Å². The van der Waals surface area contributed by atoms with Gasteiger partial charge < -0.3 is 9.32 Å². The predicted octanol–water partition coefficient (Wildman–Crippen LogP) is 4.92. The van der Waals surface area contributed by atoms with E-state index in [0.29, 0.717) is 22.4 Å². The maximum absolute atomic E-state index is 14.0. The molecule has 5 nitrogen and oxygen atoms in total. The van der Waals surface area contributed by atoms with Gasteiger partial charge in [-0.3, -0.25) is 4.79 Å². The zero-order chi connectivity index (χ0) is 19.7. The summed E-state index contributed by atoms with van der Waals surface area (Å²) in [6.45, 7) is 0.160. The standard InChI is InChI=1S/C20H16Cl2FN3O2/c21-15-5-2-1-4-13(15)20-25-24-18(28-20)11-26(12-8-9-12)19(27)10-14-16(22)6-3-7-17(14)23/h1-7,12H,8-11H2. The molecule has 1 heterocycles. The number of aromatic nitrogens is 2. The van der Waals surface area contributed by atoms with Crippen LogP contribution in [0, 0.1) is 5.82 Å². The van der Waals surface area contributed by atoms with Gasteiger partial charge in [0.15, 0.2) is 0 Å². The Morgan fingerprint density at radius 3 is 2.57 bits per heavy atom. The van der Waals surface area contributed by atoms with Gasteiger partial charge in [-0.15, -0.1) is 10.2 Å². The molecule has 3 aromatic rings. The van der Waals surface area contributed by atoms with Crippen molar-refractivity contribution in [3.8, 4) is 11.5 Å². The summed E-state index contributed by atoms with van der Waals surface area (Å²) in [6.07, 6.45) is 1.66. The van der Waals surface area contributed by atoms with E-state index in [9.17, 15) is 9.18 Å². The van der Waals surface area contributed by atoms with Crippen molar-refractivity contribution < 1.29 is 13.6 Å². The third-order valence-corrected chi connectivity index (χ3v) is 5.26.